The van der Waals surface area contributed by atoms with Gasteiger partial charge in [-0.25, -0.2) is 9.40 Å². The number of rotatable bonds is 6. The average Bonchev–Trinajstić information content (AvgIpc) is 3.52. The number of aromatic nitrogens is 3. The van der Waals surface area contributed by atoms with E-state index < -0.39 is 0 Å². The minimum absolute atomic E-state index is 0.109. The van der Waals surface area contributed by atoms with Gasteiger partial charge in [0.15, 0.2) is 11.0 Å². The molecule has 0 N–H and O–H groups in total. The van der Waals surface area contributed by atoms with Crippen LogP contribution in [0.4, 0.5) is 4.39 Å². The first kappa shape index (κ1) is 22.0. The predicted octanol–water partition coefficient (Wildman–Crippen LogP) is 5.11. The summed E-state index contributed by atoms with van der Waals surface area (Å²) in [7, 11) is 0. The molecule has 6 nitrogen and oxygen atoms in total. The van der Waals surface area contributed by atoms with Gasteiger partial charge in [0, 0.05) is 12.1 Å². The zero-order chi connectivity index (χ0) is 23.5. The van der Waals surface area contributed by atoms with Crippen molar-refractivity contribution in [2.24, 2.45) is 5.10 Å². The maximum absolute atomic E-state index is 14.6. The molecule has 34 heavy (non-hydrogen) atoms. The number of hydrogen-bond donors (Lipinski definition) is 0. The van der Waals surface area contributed by atoms with Crippen LogP contribution in [0, 0.1) is 12.7 Å². The lowest BCUT2D eigenvalue weighted by atomic mass is 10.1. The molecule has 0 radical (unpaired) electrons. The minimum atomic E-state index is -0.379. The second-order valence-corrected chi connectivity index (χ2v) is 8.87. The smallest absolute Gasteiger partial charge is 0.253 e. The van der Waals surface area contributed by atoms with Crippen LogP contribution in [0.1, 0.15) is 17.5 Å². The highest BCUT2D eigenvalue weighted by Gasteiger charge is 2.24. The molecule has 170 valence electrons. The van der Waals surface area contributed by atoms with Gasteiger partial charge in [0.1, 0.15) is 5.82 Å². The van der Waals surface area contributed by atoms with Crippen molar-refractivity contribution in [3.05, 3.63) is 95.8 Å². The second-order valence-electron chi connectivity index (χ2n) is 7.93. The zero-order valence-electron chi connectivity index (χ0n) is 18.6. The third kappa shape index (κ3) is 4.49. The molecule has 4 aromatic rings. The number of hydrogen-bond acceptors (Lipinski definition) is 5. The highest BCUT2D eigenvalue weighted by molar-refractivity contribution is 7.99. The number of nitrogens with zero attached hydrogens (tertiary/aromatic N) is 5. The summed E-state index contributed by atoms with van der Waals surface area (Å²) in [6.45, 7) is 2.55. The number of hydrazone groups is 1. The van der Waals surface area contributed by atoms with E-state index in [9.17, 15) is 9.18 Å². The molecule has 1 amide bonds. The standard InChI is InChI=1S/C26H22FN5OS/c1-18-11-13-20(14-12-18)32-25(21-9-5-6-10-22(21)27)28-29-26(32)34-17-24(33)31-16-15-23(30-31)19-7-3-2-4-8-19/h2-14H,15-17H2,1H3. The molecule has 0 fully saturated rings. The van der Waals surface area contributed by atoms with Crippen LogP contribution in [0.25, 0.3) is 17.1 Å². The van der Waals surface area contributed by atoms with Gasteiger partial charge in [0.05, 0.1) is 23.6 Å². The SMILES string of the molecule is Cc1ccc(-n2c(SCC(=O)N3CCC(c4ccccc4)=N3)nnc2-c2ccccc2F)cc1. The number of halogens is 1. The highest BCUT2D eigenvalue weighted by atomic mass is 32.2. The minimum Gasteiger partial charge on any atom is -0.272 e. The molecule has 0 aliphatic carbocycles. The number of aryl methyl sites for hydroxylation is 1. The molecular formula is C26H22FN5OS. The molecule has 3 aromatic carbocycles. The Morgan fingerprint density at radius 2 is 1.71 bits per heavy atom. The summed E-state index contributed by atoms with van der Waals surface area (Å²) in [5.41, 5.74) is 4.19. The molecule has 0 bridgehead atoms. The third-order valence-electron chi connectivity index (χ3n) is 5.56. The average molecular weight is 472 g/mol. The molecule has 0 atom stereocenters. The first-order valence-corrected chi connectivity index (χ1v) is 11.9. The first-order valence-electron chi connectivity index (χ1n) is 10.9. The van der Waals surface area contributed by atoms with Gasteiger partial charge in [-0.1, -0.05) is 71.9 Å². The lowest BCUT2D eigenvalue weighted by Gasteiger charge is -2.13. The molecule has 0 unspecified atom stereocenters. The largest absolute Gasteiger partial charge is 0.272 e. The number of carbonyl (C=O) groups excluding carboxylic acids is 1. The van der Waals surface area contributed by atoms with Gasteiger partial charge in [-0.2, -0.15) is 5.10 Å². The van der Waals surface area contributed by atoms with Crippen LogP contribution < -0.4 is 0 Å². The van der Waals surface area contributed by atoms with Crippen LogP contribution in [0.5, 0.6) is 0 Å². The Labute approximate surface area is 201 Å². The van der Waals surface area contributed by atoms with Crippen LogP contribution in [-0.2, 0) is 4.79 Å². The lowest BCUT2D eigenvalue weighted by Crippen LogP contribution is -2.25. The maximum Gasteiger partial charge on any atom is 0.253 e. The Kier molecular flexibility index (Phi) is 6.22. The van der Waals surface area contributed by atoms with Crippen molar-refractivity contribution in [1.82, 2.24) is 19.8 Å². The lowest BCUT2D eigenvalue weighted by molar-refractivity contribution is -0.127. The molecule has 0 saturated carbocycles. The molecule has 5 rings (SSSR count). The van der Waals surface area contributed by atoms with Crippen molar-refractivity contribution < 1.29 is 9.18 Å². The van der Waals surface area contributed by atoms with Gasteiger partial charge in [0.2, 0.25) is 0 Å². The fourth-order valence-electron chi connectivity index (χ4n) is 3.78. The normalized spacial score (nSPS) is 13.2. The van der Waals surface area contributed by atoms with Crippen molar-refractivity contribution in [3.63, 3.8) is 0 Å². The van der Waals surface area contributed by atoms with Crippen LogP contribution in [-0.4, -0.2) is 43.7 Å². The fraction of sp³-hybridized carbons (Fsp3) is 0.154. The summed E-state index contributed by atoms with van der Waals surface area (Å²) in [6.07, 6.45) is 0.720. The van der Waals surface area contributed by atoms with Crippen molar-refractivity contribution in [3.8, 4) is 17.1 Å². The summed E-state index contributed by atoms with van der Waals surface area (Å²) in [5.74, 6) is 0.0485. The molecule has 1 aliphatic heterocycles. The van der Waals surface area contributed by atoms with Gasteiger partial charge in [-0.05, 0) is 36.8 Å². The van der Waals surface area contributed by atoms with Crippen molar-refractivity contribution in [2.75, 3.05) is 12.3 Å². The van der Waals surface area contributed by atoms with Crippen LogP contribution >= 0.6 is 11.8 Å². The Morgan fingerprint density at radius 1 is 0.971 bits per heavy atom. The molecule has 8 heteroatoms. The molecule has 1 aromatic heterocycles. The monoisotopic (exact) mass is 471 g/mol. The fourth-order valence-corrected chi connectivity index (χ4v) is 4.60. The topological polar surface area (TPSA) is 63.4 Å². The Balaban J connectivity index is 1.40. The summed E-state index contributed by atoms with van der Waals surface area (Å²) < 4.78 is 16.4. The van der Waals surface area contributed by atoms with Crippen molar-refractivity contribution in [2.45, 2.75) is 18.5 Å². The summed E-state index contributed by atoms with van der Waals surface area (Å²) >= 11 is 1.27. The van der Waals surface area contributed by atoms with Gasteiger partial charge in [-0.15, -0.1) is 10.2 Å². The van der Waals surface area contributed by atoms with E-state index in [2.05, 4.69) is 15.3 Å². The molecular weight excluding hydrogens is 449 g/mol. The number of amides is 1. The number of benzene rings is 3. The van der Waals surface area contributed by atoms with E-state index in [1.54, 1.807) is 22.8 Å². The zero-order valence-corrected chi connectivity index (χ0v) is 19.4. The van der Waals surface area contributed by atoms with Crippen LogP contribution in [0.3, 0.4) is 0 Å². The van der Waals surface area contributed by atoms with E-state index in [1.165, 1.54) is 22.8 Å². The number of carbonyl (C=O) groups is 1. The molecule has 0 saturated heterocycles. The molecule has 0 spiro atoms. The summed E-state index contributed by atoms with van der Waals surface area (Å²) in [4.78, 5) is 12.9. The van der Waals surface area contributed by atoms with Crippen LogP contribution in [0.2, 0.25) is 0 Å². The Bertz CT molecular complexity index is 1350. The quantitative estimate of drug-likeness (QED) is 0.367. The Morgan fingerprint density at radius 3 is 2.47 bits per heavy atom. The van der Waals surface area contributed by atoms with E-state index in [0.717, 1.165) is 28.9 Å². The Hall–Kier alpha value is -3.78. The third-order valence-corrected chi connectivity index (χ3v) is 6.48. The van der Waals surface area contributed by atoms with E-state index >= 15 is 0 Å². The van der Waals surface area contributed by atoms with E-state index in [4.69, 9.17) is 0 Å². The van der Waals surface area contributed by atoms with Crippen molar-refractivity contribution in [1.29, 1.82) is 0 Å². The van der Waals surface area contributed by atoms with E-state index in [-0.39, 0.29) is 17.5 Å². The summed E-state index contributed by atoms with van der Waals surface area (Å²) in [6, 6.07) is 24.2. The number of thioether (sulfide) groups is 1. The van der Waals surface area contributed by atoms with Gasteiger partial charge in [-0.3, -0.25) is 9.36 Å². The second kappa shape index (κ2) is 9.61. The molecule has 2 heterocycles. The molecule has 1 aliphatic rings. The highest BCUT2D eigenvalue weighted by Crippen LogP contribution is 2.30. The van der Waals surface area contributed by atoms with Gasteiger partial charge >= 0.3 is 0 Å². The van der Waals surface area contributed by atoms with Gasteiger partial charge < -0.3 is 0 Å². The summed E-state index contributed by atoms with van der Waals surface area (Å²) in [5, 5.41) is 15.1. The predicted molar refractivity (Wildman–Crippen MR) is 132 cm³/mol. The van der Waals surface area contributed by atoms with Crippen molar-refractivity contribution >= 4 is 23.4 Å². The van der Waals surface area contributed by atoms with E-state index in [0.29, 0.717) is 23.1 Å². The van der Waals surface area contributed by atoms with Crippen LogP contribution in [0.15, 0.2) is 89.1 Å². The van der Waals surface area contributed by atoms with E-state index in [1.807, 2.05) is 61.5 Å². The van der Waals surface area contributed by atoms with Gasteiger partial charge in [0.25, 0.3) is 5.91 Å². The first-order chi connectivity index (χ1) is 16.6. The maximum atomic E-state index is 14.6.